The van der Waals surface area contributed by atoms with E-state index < -0.39 is 17.5 Å². The molecule has 1 heterocycles. The van der Waals surface area contributed by atoms with Crippen LogP contribution in [0.15, 0.2) is 91.3 Å². The molecule has 0 aliphatic heterocycles. The molecule has 5 heteroatoms. The maximum absolute atomic E-state index is 13.2. The largest absolute Gasteiger partial charge is 3.00 e. The van der Waals surface area contributed by atoms with Gasteiger partial charge in [-0.2, -0.15) is 36.4 Å². The van der Waals surface area contributed by atoms with Gasteiger partial charge in [-0.25, -0.2) is 37.4 Å². The van der Waals surface area contributed by atoms with Crippen LogP contribution >= 0.6 is 0 Å². The van der Waals surface area contributed by atoms with Crippen molar-refractivity contribution in [3.63, 3.8) is 0 Å². The zero-order chi connectivity index (χ0) is 17.2. The SMILES string of the molecule is Fc1[c-]c(F)c(-n2cccc2)c(F)c1.[Ti+3].c1cc[cH-]c1.c1cc[cH-]c1. The van der Waals surface area contributed by atoms with Crippen molar-refractivity contribution in [2.45, 2.75) is 0 Å². The molecule has 1 radical (unpaired) electrons. The fourth-order valence-corrected chi connectivity index (χ4v) is 1.85. The number of hydrogen-bond acceptors (Lipinski definition) is 0. The summed E-state index contributed by atoms with van der Waals surface area (Å²) in [4.78, 5) is 0. The first kappa shape index (κ1) is 20.7. The van der Waals surface area contributed by atoms with Crippen LogP contribution in [-0.4, -0.2) is 4.57 Å². The van der Waals surface area contributed by atoms with Gasteiger partial charge in [0, 0.05) is 23.1 Å². The van der Waals surface area contributed by atoms with E-state index in [-0.39, 0.29) is 27.4 Å². The van der Waals surface area contributed by atoms with Gasteiger partial charge in [-0.1, -0.05) is 6.07 Å². The maximum atomic E-state index is 13.2. The summed E-state index contributed by atoms with van der Waals surface area (Å²) in [5.41, 5.74) is -0.323. The predicted octanol–water partition coefficient (Wildman–Crippen LogP) is 5.50. The van der Waals surface area contributed by atoms with Gasteiger partial charge in [0.2, 0.25) is 0 Å². The van der Waals surface area contributed by atoms with Crippen molar-refractivity contribution < 1.29 is 34.9 Å². The third-order valence-corrected chi connectivity index (χ3v) is 2.89. The van der Waals surface area contributed by atoms with Gasteiger partial charge >= 0.3 is 21.7 Å². The summed E-state index contributed by atoms with van der Waals surface area (Å²) >= 11 is 0. The number of hydrogen-bond donors (Lipinski definition) is 0. The van der Waals surface area contributed by atoms with Crippen LogP contribution in [0.25, 0.3) is 5.69 Å². The molecule has 0 atom stereocenters. The zero-order valence-corrected chi connectivity index (χ0v) is 14.8. The predicted molar refractivity (Wildman–Crippen MR) is 88.5 cm³/mol. The fraction of sp³-hybridized carbons (Fsp3) is 0. The molecule has 0 amide bonds. The van der Waals surface area contributed by atoms with E-state index in [0.29, 0.717) is 6.07 Å². The van der Waals surface area contributed by atoms with Crippen LogP contribution in [0.1, 0.15) is 0 Å². The topological polar surface area (TPSA) is 4.93 Å². The van der Waals surface area contributed by atoms with Gasteiger partial charge in [0.15, 0.2) is 0 Å². The molecule has 25 heavy (non-hydrogen) atoms. The standard InChI is InChI=1S/C10H5F3N.2C5H5.Ti/c11-7-5-8(12)10(9(13)6-7)14-3-1-2-4-14;2*1-2-4-5-3-1;/h1-5H;2*1-5H;/q3*-1;+3. The van der Waals surface area contributed by atoms with Crippen molar-refractivity contribution in [1.82, 2.24) is 4.57 Å². The van der Waals surface area contributed by atoms with E-state index in [2.05, 4.69) is 0 Å². The van der Waals surface area contributed by atoms with E-state index in [1.807, 2.05) is 60.7 Å². The van der Waals surface area contributed by atoms with Crippen molar-refractivity contribution in [2.75, 3.05) is 0 Å². The summed E-state index contributed by atoms with van der Waals surface area (Å²) < 4.78 is 40.0. The number of rotatable bonds is 1. The molecular formula is C20H15F3NTi. The Hall–Kier alpha value is -2.30. The number of aromatic nitrogens is 1. The summed E-state index contributed by atoms with van der Waals surface area (Å²) in [6.07, 6.45) is 2.93. The van der Waals surface area contributed by atoms with Gasteiger partial charge in [0.1, 0.15) is 0 Å². The van der Waals surface area contributed by atoms with Crippen molar-refractivity contribution in [3.8, 4) is 5.69 Å². The van der Waals surface area contributed by atoms with Crippen LogP contribution in [0.3, 0.4) is 0 Å². The van der Waals surface area contributed by atoms with Crippen molar-refractivity contribution in [1.29, 1.82) is 0 Å². The van der Waals surface area contributed by atoms with Crippen LogP contribution < -0.4 is 0 Å². The minimum absolute atomic E-state index is 0. The van der Waals surface area contributed by atoms with Crippen LogP contribution in [-0.2, 0) is 21.7 Å². The maximum Gasteiger partial charge on any atom is 3.00 e. The summed E-state index contributed by atoms with van der Waals surface area (Å²) in [7, 11) is 0. The van der Waals surface area contributed by atoms with E-state index in [1.165, 1.54) is 17.0 Å². The molecule has 0 N–H and O–H groups in total. The Bertz CT molecular complexity index is 708. The minimum Gasteiger partial charge on any atom is -0.372 e. The average molecular weight is 374 g/mol. The second-order valence-electron chi connectivity index (χ2n) is 4.64. The molecule has 0 aliphatic rings. The quantitative estimate of drug-likeness (QED) is 0.306. The Labute approximate surface area is 160 Å². The van der Waals surface area contributed by atoms with Crippen molar-refractivity contribution in [3.05, 3.63) is 115 Å². The van der Waals surface area contributed by atoms with Crippen molar-refractivity contribution in [2.24, 2.45) is 0 Å². The number of nitrogens with zero attached hydrogens (tertiary/aromatic N) is 1. The van der Waals surface area contributed by atoms with Gasteiger partial charge in [0.25, 0.3) is 0 Å². The van der Waals surface area contributed by atoms with Gasteiger partial charge in [-0.15, -0.1) is 6.07 Å². The Balaban J connectivity index is 0.000000233. The molecule has 0 aliphatic carbocycles. The second-order valence-corrected chi connectivity index (χ2v) is 4.64. The van der Waals surface area contributed by atoms with Gasteiger partial charge in [-0.3, -0.25) is 0 Å². The molecule has 4 aromatic rings. The monoisotopic (exact) mass is 374 g/mol. The van der Waals surface area contributed by atoms with E-state index in [0.717, 1.165) is 0 Å². The Morgan fingerprint density at radius 1 is 0.760 bits per heavy atom. The summed E-state index contributed by atoms with van der Waals surface area (Å²) in [6, 6.07) is 25.6. The molecule has 4 rings (SSSR count). The molecule has 0 unspecified atom stereocenters. The van der Waals surface area contributed by atoms with E-state index in [4.69, 9.17) is 0 Å². The third-order valence-electron chi connectivity index (χ3n) is 2.89. The normalized spacial score (nSPS) is 9.08. The van der Waals surface area contributed by atoms with Crippen LogP contribution in [0.4, 0.5) is 13.2 Å². The average Bonchev–Trinajstić information content (AvgIpc) is 3.32. The second kappa shape index (κ2) is 11.3. The Morgan fingerprint density at radius 3 is 1.60 bits per heavy atom. The van der Waals surface area contributed by atoms with Crippen molar-refractivity contribution >= 4 is 0 Å². The molecule has 0 saturated heterocycles. The molecular weight excluding hydrogens is 359 g/mol. The third kappa shape index (κ3) is 7.00. The first-order chi connectivity index (χ1) is 11.7. The van der Waals surface area contributed by atoms with Crippen LogP contribution in [0.2, 0.25) is 0 Å². The van der Waals surface area contributed by atoms with Crippen LogP contribution in [0, 0.1) is 23.5 Å². The first-order valence-electron chi connectivity index (χ1n) is 7.22. The van der Waals surface area contributed by atoms with Gasteiger partial charge < -0.3 is 4.57 Å². The van der Waals surface area contributed by atoms with Gasteiger partial charge in [-0.05, 0) is 24.5 Å². The molecule has 0 bridgehead atoms. The smallest absolute Gasteiger partial charge is 0.372 e. The summed E-state index contributed by atoms with van der Waals surface area (Å²) in [5, 5.41) is 0. The Morgan fingerprint density at radius 2 is 1.24 bits per heavy atom. The van der Waals surface area contributed by atoms with Crippen LogP contribution in [0.5, 0.6) is 0 Å². The minimum atomic E-state index is -1.05. The molecule has 0 saturated carbocycles. The number of halogens is 3. The molecule has 125 valence electrons. The summed E-state index contributed by atoms with van der Waals surface area (Å²) in [6.45, 7) is 0. The van der Waals surface area contributed by atoms with E-state index >= 15 is 0 Å². The molecule has 0 spiro atoms. The molecule has 3 aromatic carbocycles. The molecule has 0 fully saturated rings. The molecule has 1 nitrogen and oxygen atoms in total. The Kier molecular flexibility index (Phi) is 9.37. The fourth-order valence-electron chi connectivity index (χ4n) is 1.85. The zero-order valence-electron chi connectivity index (χ0n) is 13.2. The first-order valence-corrected chi connectivity index (χ1v) is 7.22. The summed E-state index contributed by atoms with van der Waals surface area (Å²) in [5.74, 6) is -3.04. The van der Waals surface area contributed by atoms with E-state index in [1.54, 1.807) is 18.2 Å². The van der Waals surface area contributed by atoms with E-state index in [9.17, 15) is 13.2 Å². The van der Waals surface area contributed by atoms with Gasteiger partial charge in [0.05, 0.1) is 0 Å². The number of benzene rings is 1. The molecule has 1 aromatic heterocycles.